The van der Waals surface area contributed by atoms with Crippen LogP contribution in [0.3, 0.4) is 0 Å². The van der Waals surface area contributed by atoms with Gasteiger partial charge in [-0.25, -0.2) is 0 Å². The molecule has 0 saturated carbocycles. The van der Waals surface area contributed by atoms with Gasteiger partial charge in [0.05, 0.1) is 20.6 Å². The molecule has 1 aliphatic rings. The molecule has 0 radical (unpaired) electrons. The molecule has 10 heteroatoms. The van der Waals surface area contributed by atoms with E-state index in [0.717, 1.165) is 0 Å². The molecule has 190 valence electrons. The van der Waals surface area contributed by atoms with Crippen LogP contribution in [0, 0.1) is 0 Å². The molecular formula is C27H22O10. The van der Waals surface area contributed by atoms with Crippen molar-refractivity contribution < 1.29 is 43.5 Å². The van der Waals surface area contributed by atoms with Gasteiger partial charge in [0, 0.05) is 23.1 Å². The minimum Gasteiger partial charge on any atom is -0.504 e. The van der Waals surface area contributed by atoms with Crippen LogP contribution in [-0.2, 0) is 9.53 Å². The van der Waals surface area contributed by atoms with E-state index in [1.807, 2.05) is 0 Å². The fraction of sp³-hybridized carbons (Fsp3) is 0.185. The Kier molecular flexibility index (Phi) is 6.00. The van der Waals surface area contributed by atoms with E-state index in [1.165, 1.54) is 20.3 Å². The normalized spacial score (nSPS) is 12.9. The number of hydrogen-bond acceptors (Lipinski definition) is 10. The van der Waals surface area contributed by atoms with Crippen LogP contribution in [0.2, 0.25) is 0 Å². The number of rotatable bonds is 6. The second kappa shape index (κ2) is 9.30. The minimum atomic E-state index is -1.03. The molecule has 3 aromatic carbocycles. The van der Waals surface area contributed by atoms with Crippen molar-refractivity contribution in [2.24, 2.45) is 0 Å². The number of fused-ring (bicyclic) bond motifs is 2. The zero-order valence-corrected chi connectivity index (χ0v) is 19.8. The third kappa shape index (κ3) is 4.02. The van der Waals surface area contributed by atoms with Crippen LogP contribution in [0.4, 0.5) is 0 Å². The number of esters is 1. The van der Waals surface area contributed by atoms with E-state index in [9.17, 15) is 24.9 Å². The van der Waals surface area contributed by atoms with Crippen molar-refractivity contribution in [3.05, 3.63) is 69.9 Å². The van der Waals surface area contributed by atoms with Gasteiger partial charge in [0.2, 0.25) is 18.3 Å². The molecule has 0 bridgehead atoms. The lowest BCUT2D eigenvalue weighted by atomic mass is 9.85. The first-order valence-corrected chi connectivity index (χ1v) is 11.2. The fourth-order valence-electron chi connectivity index (χ4n) is 4.43. The highest BCUT2D eigenvalue weighted by molar-refractivity contribution is 5.93. The zero-order chi connectivity index (χ0) is 26.3. The molecule has 5 rings (SSSR count). The molecule has 0 spiro atoms. The predicted octanol–water partition coefficient (Wildman–Crippen LogP) is 4.01. The number of carbonyl (C=O) groups is 1. The quantitative estimate of drug-likeness (QED) is 0.259. The lowest BCUT2D eigenvalue weighted by Crippen LogP contribution is -2.13. The molecule has 1 atom stereocenters. The Labute approximate surface area is 209 Å². The predicted molar refractivity (Wildman–Crippen MR) is 131 cm³/mol. The molecule has 0 amide bonds. The summed E-state index contributed by atoms with van der Waals surface area (Å²) in [4.78, 5) is 25.7. The topological polar surface area (TPSA) is 145 Å². The van der Waals surface area contributed by atoms with E-state index in [1.54, 1.807) is 42.5 Å². The third-order valence-corrected chi connectivity index (χ3v) is 6.22. The Morgan fingerprint density at radius 3 is 2.46 bits per heavy atom. The van der Waals surface area contributed by atoms with Crippen LogP contribution in [0.25, 0.3) is 22.3 Å². The number of ether oxygens (including phenoxy) is 4. The average Bonchev–Trinajstić information content (AvgIpc) is 3.39. The van der Waals surface area contributed by atoms with E-state index < -0.39 is 34.6 Å². The summed E-state index contributed by atoms with van der Waals surface area (Å²) in [5.74, 6) is -3.05. The van der Waals surface area contributed by atoms with E-state index in [4.69, 9.17) is 23.4 Å². The van der Waals surface area contributed by atoms with Crippen LogP contribution in [0.15, 0.2) is 57.7 Å². The molecular weight excluding hydrogens is 484 g/mol. The maximum atomic E-state index is 13.1. The molecule has 10 nitrogen and oxygen atoms in total. The molecule has 37 heavy (non-hydrogen) atoms. The number of phenolic OH excluding ortho intramolecular Hbond substituents is 3. The van der Waals surface area contributed by atoms with Gasteiger partial charge >= 0.3 is 5.97 Å². The summed E-state index contributed by atoms with van der Waals surface area (Å²) in [7, 11) is 2.64. The van der Waals surface area contributed by atoms with Gasteiger partial charge in [-0.3, -0.25) is 9.59 Å². The van der Waals surface area contributed by atoms with Gasteiger partial charge in [-0.05, 0) is 17.7 Å². The van der Waals surface area contributed by atoms with Crippen molar-refractivity contribution >= 4 is 16.9 Å². The second-order valence-corrected chi connectivity index (χ2v) is 8.29. The highest BCUT2D eigenvalue weighted by Gasteiger charge is 2.33. The van der Waals surface area contributed by atoms with Gasteiger partial charge in [-0.2, -0.15) is 0 Å². The summed E-state index contributed by atoms with van der Waals surface area (Å²) in [6.45, 7) is -0.0414. The van der Waals surface area contributed by atoms with Crippen molar-refractivity contribution in [3.8, 4) is 45.8 Å². The number of methoxy groups -OCH3 is 2. The maximum absolute atomic E-state index is 13.1. The first-order chi connectivity index (χ1) is 17.8. The number of phenols is 3. The zero-order valence-electron chi connectivity index (χ0n) is 19.8. The summed E-state index contributed by atoms with van der Waals surface area (Å²) in [5.41, 5.74) is 0.000141. The summed E-state index contributed by atoms with van der Waals surface area (Å²) in [6, 6.07) is 13.1. The molecule has 3 N–H and O–H groups in total. The second-order valence-electron chi connectivity index (χ2n) is 8.29. The largest absolute Gasteiger partial charge is 0.504 e. The molecule has 0 fully saturated rings. The lowest BCUT2D eigenvalue weighted by molar-refractivity contribution is -0.140. The van der Waals surface area contributed by atoms with Gasteiger partial charge in [0.25, 0.3) is 0 Å². The lowest BCUT2D eigenvalue weighted by Gasteiger charge is -2.22. The van der Waals surface area contributed by atoms with Crippen molar-refractivity contribution in [1.82, 2.24) is 0 Å². The third-order valence-electron chi connectivity index (χ3n) is 6.22. The molecule has 0 saturated heterocycles. The fourth-order valence-corrected chi connectivity index (χ4v) is 4.43. The molecule has 0 aliphatic carbocycles. The maximum Gasteiger partial charge on any atom is 0.306 e. The van der Waals surface area contributed by atoms with Gasteiger partial charge in [-0.15, -0.1) is 0 Å². The van der Waals surface area contributed by atoms with Crippen LogP contribution >= 0.6 is 0 Å². The monoisotopic (exact) mass is 506 g/mol. The van der Waals surface area contributed by atoms with Gasteiger partial charge < -0.3 is 38.7 Å². The van der Waals surface area contributed by atoms with Crippen molar-refractivity contribution in [1.29, 1.82) is 0 Å². The Morgan fingerprint density at radius 1 is 1.00 bits per heavy atom. The average molecular weight is 506 g/mol. The van der Waals surface area contributed by atoms with Crippen molar-refractivity contribution in [2.75, 3.05) is 21.0 Å². The number of carbonyl (C=O) groups excluding carboxylic acids is 1. The van der Waals surface area contributed by atoms with Crippen molar-refractivity contribution in [3.63, 3.8) is 0 Å². The Bertz CT molecular complexity index is 1570. The van der Waals surface area contributed by atoms with E-state index in [0.29, 0.717) is 28.4 Å². The van der Waals surface area contributed by atoms with Crippen LogP contribution < -0.4 is 19.6 Å². The standard InChI is InChI=1S/C27H22O10/c1-33-18-8-14(9-19-26(18)36-12-35-19)15(10-20(29)34-2)21-23(30)25(32)24(31)22-16(28)11-17(37-27(21)22)13-6-4-3-5-7-13/h3-9,11,15,30-32H,10,12H2,1-2H3. The summed E-state index contributed by atoms with van der Waals surface area (Å²) in [6.07, 6.45) is -0.328. The number of aromatic hydroxyl groups is 3. The molecule has 1 aromatic heterocycles. The van der Waals surface area contributed by atoms with E-state index in [2.05, 4.69) is 0 Å². The van der Waals surface area contributed by atoms with E-state index in [-0.39, 0.29) is 35.5 Å². The summed E-state index contributed by atoms with van der Waals surface area (Å²) in [5, 5.41) is 31.9. The van der Waals surface area contributed by atoms with Gasteiger partial charge in [-0.1, -0.05) is 30.3 Å². The van der Waals surface area contributed by atoms with Crippen molar-refractivity contribution in [2.45, 2.75) is 12.3 Å². The SMILES string of the molecule is COC(=O)CC(c1cc(OC)c2c(c1)OCO2)c1c(O)c(O)c(O)c2c(=O)cc(-c3ccccc3)oc12. The van der Waals surface area contributed by atoms with Crippen LogP contribution in [0.5, 0.6) is 34.5 Å². The first-order valence-electron chi connectivity index (χ1n) is 11.2. The molecule has 2 heterocycles. The van der Waals surface area contributed by atoms with E-state index >= 15 is 0 Å². The van der Waals surface area contributed by atoms with Gasteiger partial charge in [0.15, 0.2) is 28.4 Å². The molecule has 1 aliphatic heterocycles. The molecule has 4 aromatic rings. The number of benzene rings is 3. The molecule has 1 unspecified atom stereocenters. The Morgan fingerprint density at radius 2 is 1.76 bits per heavy atom. The highest BCUT2D eigenvalue weighted by Crippen LogP contribution is 2.51. The summed E-state index contributed by atoms with van der Waals surface area (Å²) >= 11 is 0. The Hall–Kier alpha value is -4.86. The minimum absolute atomic E-state index is 0.0414. The number of hydrogen-bond donors (Lipinski definition) is 3. The summed E-state index contributed by atoms with van der Waals surface area (Å²) < 4.78 is 27.3. The first kappa shape index (κ1) is 23.9. The van der Waals surface area contributed by atoms with Crippen LogP contribution in [0.1, 0.15) is 23.5 Å². The smallest absolute Gasteiger partial charge is 0.306 e. The highest BCUT2D eigenvalue weighted by atomic mass is 16.7. The van der Waals surface area contributed by atoms with Gasteiger partial charge in [0.1, 0.15) is 16.7 Å². The Balaban J connectivity index is 1.84. The van der Waals surface area contributed by atoms with Crippen LogP contribution in [-0.4, -0.2) is 42.3 Å².